The van der Waals surface area contributed by atoms with Gasteiger partial charge in [-0.1, -0.05) is 6.07 Å². The number of rotatable bonds is 9. The van der Waals surface area contributed by atoms with Gasteiger partial charge in [0.25, 0.3) is 0 Å². The van der Waals surface area contributed by atoms with Crippen molar-refractivity contribution in [1.82, 2.24) is 4.57 Å². The molecular weight excluding hydrogens is 410 g/mol. The molecule has 0 fully saturated rings. The Labute approximate surface area is 187 Å². The minimum absolute atomic E-state index is 0.144. The highest BCUT2D eigenvalue weighted by molar-refractivity contribution is 6.01. The van der Waals surface area contributed by atoms with Crippen molar-refractivity contribution < 1.29 is 28.5 Å². The molecule has 7 heteroatoms. The SMILES string of the molecule is CCOc1ccc(-n2c(C)cc(C(=O)COC(=O)c3c(OC)cccc3OC)c2C)cc1. The van der Waals surface area contributed by atoms with Crippen LogP contribution in [0.25, 0.3) is 5.69 Å². The number of methoxy groups -OCH3 is 2. The van der Waals surface area contributed by atoms with Crippen molar-refractivity contribution in [2.24, 2.45) is 0 Å². The standard InChI is InChI=1S/C25H27NO6/c1-6-31-19-12-10-18(11-13-19)26-16(2)14-20(17(26)3)21(27)15-32-25(28)24-22(29-4)8-7-9-23(24)30-5/h7-14H,6,15H2,1-5H3. The summed E-state index contributed by atoms with van der Waals surface area (Å²) in [5, 5.41) is 0. The third-order valence-electron chi connectivity index (χ3n) is 5.10. The first kappa shape index (κ1) is 22.9. The lowest BCUT2D eigenvalue weighted by atomic mass is 10.1. The number of nitrogens with zero attached hydrogens (tertiary/aromatic N) is 1. The minimum Gasteiger partial charge on any atom is -0.496 e. The van der Waals surface area contributed by atoms with Crippen LogP contribution in [0.5, 0.6) is 17.2 Å². The van der Waals surface area contributed by atoms with Gasteiger partial charge in [-0.3, -0.25) is 4.79 Å². The van der Waals surface area contributed by atoms with Crippen LogP contribution in [0.15, 0.2) is 48.5 Å². The number of esters is 1. The molecule has 168 valence electrons. The summed E-state index contributed by atoms with van der Waals surface area (Å²) in [5.41, 5.74) is 3.22. The molecule has 0 aliphatic heterocycles. The number of aromatic nitrogens is 1. The molecule has 3 aromatic rings. The number of ketones is 1. The highest BCUT2D eigenvalue weighted by atomic mass is 16.5. The minimum atomic E-state index is -0.687. The van der Waals surface area contributed by atoms with E-state index < -0.39 is 12.6 Å². The number of aryl methyl sites for hydroxylation is 1. The summed E-state index contributed by atoms with van der Waals surface area (Å²) in [6.45, 7) is 5.92. The summed E-state index contributed by atoms with van der Waals surface area (Å²) >= 11 is 0. The third kappa shape index (κ3) is 4.61. The Hall–Kier alpha value is -3.74. The van der Waals surface area contributed by atoms with Crippen molar-refractivity contribution in [3.63, 3.8) is 0 Å². The fourth-order valence-electron chi connectivity index (χ4n) is 3.63. The zero-order valence-corrected chi connectivity index (χ0v) is 18.9. The van der Waals surface area contributed by atoms with Gasteiger partial charge in [-0.05, 0) is 63.2 Å². The van der Waals surface area contributed by atoms with Gasteiger partial charge in [-0.15, -0.1) is 0 Å². The number of ether oxygens (including phenoxy) is 4. The maximum atomic E-state index is 12.9. The number of carbonyl (C=O) groups is 2. The van der Waals surface area contributed by atoms with Gasteiger partial charge in [-0.25, -0.2) is 4.79 Å². The molecule has 0 unspecified atom stereocenters. The summed E-state index contributed by atoms with van der Waals surface area (Å²) in [6, 6.07) is 14.4. The first-order valence-corrected chi connectivity index (χ1v) is 10.2. The molecule has 0 amide bonds. The largest absolute Gasteiger partial charge is 0.496 e. The van der Waals surface area contributed by atoms with E-state index in [0.717, 1.165) is 22.8 Å². The lowest BCUT2D eigenvalue weighted by molar-refractivity contribution is 0.0468. The first-order valence-electron chi connectivity index (χ1n) is 10.2. The van der Waals surface area contributed by atoms with E-state index >= 15 is 0 Å². The van der Waals surface area contributed by atoms with Crippen LogP contribution in [-0.4, -0.2) is 43.8 Å². The topological polar surface area (TPSA) is 76.0 Å². The Morgan fingerprint density at radius 3 is 2.12 bits per heavy atom. The van der Waals surface area contributed by atoms with Crippen molar-refractivity contribution in [2.45, 2.75) is 20.8 Å². The fourth-order valence-corrected chi connectivity index (χ4v) is 3.63. The molecule has 1 aromatic heterocycles. The smallest absolute Gasteiger partial charge is 0.346 e. The number of carbonyl (C=O) groups excluding carboxylic acids is 2. The van der Waals surface area contributed by atoms with Gasteiger partial charge in [0.15, 0.2) is 6.61 Å². The fraction of sp³-hybridized carbons (Fsp3) is 0.280. The molecule has 0 saturated heterocycles. The van der Waals surface area contributed by atoms with E-state index in [2.05, 4.69) is 0 Å². The second-order valence-corrected chi connectivity index (χ2v) is 7.08. The van der Waals surface area contributed by atoms with Crippen LogP contribution in [0, 0.1) is 13.8 Å². The van der Waals surface area contributed by atoms with E-state index in [1.807, 2.05) is 49.6 Å². The van der Waals surface area contributed by atoms with Gasteiger partial charge in [-0.2, -0.15) is 0 Å². The van der Waals surface area contributed by atoms with Crippen molar-refractivity contribution in [3.8, 4) is 22.9 Å². The molecule has 0 N–H and O–H groups in total. The Morgan fingerprint density at radius 1 is 0.938 bits per heavy atom. The second kappa shape index (κ2) is 10.0. The molecule has 0 spiro atoms. The van der Waals surface area contributed by atoms with Gasteiger partial charge >= 0.3 is 5.97 Å². The van der Waals surface area contributed by atoms with Crippen molar-refractivity contribution >= 4 is 11.8 Å². The van der Waals surface area contributed by atoms with Crippen LogP contribution >= 0.6 is 0 Å². The summed E-state index contributed by atoms with van der Waals surface area (Å²) < 4.78 is 23.2. The predicted molar refractivity (Wildman–Crippen MR) is 121 cm³/mol. The average Bonchev–Trinajstić information content (AvgIpc) is 3.11. The molecule has 0 bridgehead atoms. The molecule has 7 nitrogen and oxygen atoms in total. The number of Topliss-reactive ketones (excluding diaryl/α,β-unsaturated/α-hetero) is 1. The molecule has 0 aliphatic rings. The number of benzene rings is 2. The lowest BCUT2D eigenvalue weighted by Crippen LogP contribution is -2.16. The Morgan fingerprint density at radius 2 is 1.56 bits per heavy atom. The van der Waals surface area contributed by atoms with E-state index in [1.54, 1.807) is 24.3 Å². The van der Waals surface area contributed by atoms with Gasteiger partial charge < -0.3 is 23.5 Å². The van der Waals surface area contributed by atoms with Gasteiger partial charge in [0.2, 0.25) is 5.78 Å². The Bertz CT molecular complexity index is 1090. The molecule has 32 heavy (non-hydrogen) atoms. The highest BCUT2D eigenvalue weighted by Gasteiger charge is 2.23. The van der Waals surface area contributed by atoms with Crippen LogP contribution in [0.2, 0.25) is 0 Å². The Balaban J connectivity index is 1.78. The zero-order chi connectivity index (χ0) is 23.3. The monoisotopic (exact) mass is 437 g/mol. The van der Waals surface area contributed by atoms with Crippen molar-refractivity contribution in [1.29, 1.82) is 0 Å². The number of hydrogen-bond acceptors (Lipinski definition) is 6. The molecule has 3 rings (SSSR count). The van der Waals surface area contributed by atoms with E-state index in [4.69, 9.17) is 18.9 Å². The number of hydrogen-bond donors (Lipinski definition) is 0. The second-order valence-electron chi connectivity index (χ2n) is 7.08. The quantitative estimate of drug-likeness (QED) is 0.361. The first-order chi connectivity index (χ1) is 15.4. The molecule has 0 atom stereocenters. The molecular formula is C25H27NO6. The van der Waals surface area contributed by atoms with E-state index in [-0.39, 0.29) is 11.3 Å². The van der Waals surface area contributed by atoms with Crippen LogP contribution < -0.4 is 14.2 Å². The molecule has 1 heterocycles. The summed E-state index contributed by atoms with van der Waals surface area (Å²) in [6.07, 6.45) is 0. The summed E-state index contributed by atoms with van der Waals surface area (Å²) in [7, 11) is 2.90. The van der Waals surface area contributed by atoms with Crippen LogP contribution in [-0.2, 0) is 4.74 Å². The highest BCUT2D eigenvalue weighted by Crippen LogP contribution is 2.29. The summed E-state index contributed by atoms with van der Waals surface area (Å²) in [5.74, 6) is 0.435. The van der Waals surface area contributed by atoms with Crippen LogP contribution in [0.1, 0.15) is 39.0 Å². The van der Waals surface area contributed by atoms with Gasteiger partial charge in [0.05, 0.1) is 20.8 Å². The average molecular weight is 437 g/mol. The molecule has 0 saturated carbocycles. The normalized spacial score (nSPS) is 10.5. The maximum Gasteiger partial charge on any atom is 0.346 e. The van der Waals surface area contributed by atoms with Gasteiger partial charge in [0.1, 0.15) is 22.8 Å². The van der Waals surface area contributed by atoms with Crippen molar-refractivity contribution in [3.05, 3.63) is 71.0 Å². The van der Waals surface area contributed by atoms with E-state index in [1.165, 1.54) is 14.2 Å². The molecule has 0 radical (unpaired) electrons. The third-order valence-corrected chi connectivity index (χ3v) is 5.10. The van der Waals surface area contributed by atoms with Crippen LogP contribution in [0.3, 0.4) is 0 Å². The van der Waals surface area contributed by atoms with E-state index in [0.29, 0.717) is 23.7 Å². The van der Waals surface area contributed by atoms with Crippen molar-refractivity contribution in [2.75, 3.05) is 27.4 Å². The van der Waals surface area contributed by atoms with Crippen LogP contribution in [0.4, 0.5) is 0 Å². The predicted octanol–water partition coefficient (Wildman–Crippen LogP) is 4.55. The zero-order valence-electron chi connectivity index (χ0n) is 18.9. The Kier molecular flexibility index (Phi) is 7.20. The molecule has 0 aliphatic carbocycles. The molecule has 2 aromatic carbocycles. The lowest BCUT2D eigenvalue weighted by Gasteiger charge is -2.12. The maximum absolute atomic E-state index is 12.9. The van der Waals surface area contributed by atoms with E-state index in [9.17, 15) is 9.59 Å². The van der Waals surface area contributed by atoms with Gasteiger partial charge in [0, 0.05) is 22.6 Å². The summed E-state index contributed by atoms with van der Waals surface area (Å²) in [4.78, 5) is 25.5.